The van der Waals surface area contributed by atoms with Crippen molar-refractivity contribution in [2.75, 3.05) is 0 Å². The summed E-state index contributed by atoms with van der Waals surface area (Å²) < 4.78 is 4.87. The molecule has 0 radical (unpaired) electrons. The molecule has 5 heteroatoms. The van der Waals surface area contributed by atoms with Crippen molar-refractivity contribution in [3.63, 3.8) is 0 Å². The molecule has 0 bridgehead atoms. The zero-order valence-corrected chi connectivity index (χ0v) is 34.3. The van der Waals surface area contributed by atoms with Crippen LogP contribution < -0.4 is 0 Å². The monoisotopic (exact) mass is 763 g/mol. The predicted octanol–water partition coefficient (Wildman–Crippen LogP) is 13.7. The molecule has 1 aliphatic rings. The first kappa shape index (κ1) is 35.3. The van der Waals surface area contributed by atoms with Crippen molar-refractivity contribution in [1.29, 1.82) is 0 Å². The molecule has 0 fully saturated rings. The van der Waals surface area contributed by atoms with Crippen molar-refractivity contribution >= 4 is 43.6 Å². The number of benzene rings is 7. The number of hydrogen-bond acceptors (Lipinski definition) is 3. The first-order chi connectivity index (χ1) is 28.5. The summed E-state index contributed by atoms with van der Waals surface area (Å²) in [7, 11) is 0. The van der Waals surface area contributed by atoms with Gasteiger partial charge in [0.1, 0.15) is 0 Å². The second kappa shape index (κ2) is 12.6. The van der Waals surface area contributed by atoms with Gasteiger partial charge in [-0.3, -0.25) is 0 Å². The third kappa shape index (κ3) is 5.07. The number of fused-ring (bicyclic) bond motifs is 7. The molecule has 0 N–H and O–H groups in total. The first-order valence-corrected chi connectivity index (χ1v) is 20.6. The summed E-state index contributed by atoms with van der Waals surface area (Å²) in [5.74, 6) is 1.89. The van der Waals surface area contributed by atoms with Crippen LogP contribution in [0.25, 0.3) is 89.2 Å². The van der Waals surface area contributed by atoms with E-state index >= 15 is 0 Å². The van der Waals surface area contributed by atoms with Crippen molar-refractivity contribution in [2.45, 2.75) is 52.4 Å². The third-order valence-electron chi connectivity index (χ3n) is 14.2. The molecule has 0 saturated heterocycles. The van der Waals surface area contributed by atoms with E-state index in [9.17, 15) is 0 Å². The maximum absolute atomic E-state index is 5.25. The Bertz CT molecular complexity index is 3180. The summed E-state index contributed by atoms with van der Waals surface area (Å²) in [5.41, 5.74) is 12.4. The van der Waals surface area contributed by atoms with Crippen molar-refractivity contribution in [3.8, 4) is 45.5 Å². The Morgan fingerprint density at radius 1 is 0.339 bits per heavy atom. The van der Waals surface area contributed by atoms with Gasteiger partial charge in [-0.2, -0.15) is 0 Å². The highest BCUT2D eigenvalue weighted by Crippen LogP contribution is 2.62. The molecule has 5 nitrogen and oxygen atoms in total. The van der Waals surface area contributed by atoms with Crippen molar-refractivity contribution < 1.29 is 0 Å². The second-order valence-corrected chi connectivity index (χ2v) is 17.8. The lowest BCUT2D eigenvalue weighted by Crippen LogP contribution is -2.42. The maximum Gasteiger partial charge on any atom is 0.164 e. The minimum absolute atomic E-state index is 0.0154. The predicted molar refractivity (Wildman–Crippen MR) is 245 cm³/mol. The van der Waals surface area contributed by atoms with Crippen LogP contribution >= 0.6 is 0 Å². The highest BCUT2D eigenvalue weighted by Gasteiger charge is 2.57. The highest BCUT2D eigenvalue weighted by atomic mass is 15.0. The molecule has 3 heterocycles. The molecule has 3 aromatic heterocycles. The van der Waals surface area contributed by atoms with Crippen LogP contribution in [-0.4, -0.2) is 24.1 Å². The first-order valence-electron chi connectivity index (χ1n) is 20.6. The Balaban J connectivity index is 1.25. The maximum atomic E-state index is 5.25. The standard InChI is InChI=1S/C54H45N5/c1-52(2)43-32-42-41-25-15-18-28-47(41)59(48(42)33-44(43)53(3,4)54(52,5)6)38-30-36(29-37(31-38)58-45-26-16-13-23-39(45)40-24-14-17-27-46(40)58)51-56-49(34-19-9-7-10-20-34)55-50(57-51)35-21-11-8-12-22-35/h7-33H,1-6H3. The van der Waals surface area contributed by atoms with E-state index in [-0.39, 0.29) is 16.2 Å². The van der Waals surface area contributed by atoms with Crippen LogP contribution in [0.4, 0.5) is 0 Å². The van der Waals surface area contributed by atoms with Gasteiger partial charge in [-0.15, -0.1) is 0 Å². The zero-order valence-electron chi connectivity index (χ0n) is 34.3. The van der Waals surface area contributed by atoms with E-state index in [2.05, 4.69) is 178 Å². The molecule has 0 amide bonds. The quantitative estimate of drug-likeness (QED) is 0.175. The minimum atomic E-state index is -0.0517. The van der Waals surface area contributed by atoms with E-state index in [1.54, 1.807) is 0 Å². The summed E-state index contributed by atoms with van der Waals surface area (Å²) >= 11 is 0. The summed E-state index contributed by atoms with van der Waals surface area (Å²) in [5, 5.41) is 4.94. The van der Waals surface area contributed by atoms with Gasteiger partial charge in [-0.1, -0.05) is 157 Å². The van der Waals surface area contributed by atoms with Crippen LogP contribution in [0.5, 0.6) is 0 Å². The van der Waals surface area contributed by atoms with Gasteiger partial charge in [0.05, 0.1) is 22.1 Å². The number of rotatable bonds is 5. The third-order valence-corrected chi connectivity index (χ3v) is 14.2. The molecule has 0 atom stereocenters. The molecule has 59 heavy (non-hydrogen) atoms. The van der Waals surface area contributed by atoms with E-state index < -0.39 is 0 Å². The van der Waals surface area contributed by atoms with Crippen molar-refractivity contribution in [2.24, 2.45) is 5.41 Å². The minimum Gasteiger partial charge on any atom is -0.309 e. The number of aromatic nitrogens is 5. The topological polar surface area (TPSA) is 48.5 Å². The lowest BCUT2D eigenvalue weighted by Gasteiger charge is -2.44. The van der Waals surface area contributed by atoms with Gasteiger partial charge >= 0.3 is 0 Å². The van der Waals surface area contributed by atoms with Crippen LogP contribution in [0.3, 0.4) is 0 Å². The fraction of sp³-hybridized carbons (Fsp3) is 0.167. The van der Waals surface area contributed by atoms with Gasteiger partial charge in [-0.05, 0) is 75.9 Å². The second-order valence-electron chi connectivity index (χ2n) is 17.8. The molecule has 286 valence electrons. The average molecular weight is 764 g/mol. The Hall–Kier alpha value is -6.85. The molecule has 0 spiro atoms. The van der Waals surface area contributed by atoms with E-state index in [1.807, 2.05) is 36.4 Å². The molecule has 7 aromatic carbocycles. The van der Waals surface area contributed by atoms with Crippen LogP contribution in [0.1, 0.15) is 52.7 Å². The van der Waals surface area contributed by atoms with Gasteiger partial charge in [-0.25, -0.2) is 15.0 Å². The van der Waals surface area contributed by atoms with Gasteiger partial charge < -0.3 is 9.13 Å². The molecule has 10 aromatic rings. The van der Waals surface area contributed by atoms with Gasteiger partial charge in [0.2, 0.25) is 0 Å². The summed E-state index contributed by atoms with van der Waals surface area (Å²) in [4.78, 5) is 15.5. The van der Waals surface area contributed by atoms with Gasteiger partial charge in [0.15, 0.2) is 17.5 Å². The van der Waals surface area contributed by atoms with E-state index in [1.165, 1.54) is 38.2 Å². The van der Waals surface area contributed by atoms with Crippen LogP contribution in [0.2, 0.25) is 0 Å². The molecule has 1 aliphatic carbocycles. The van der Waals surface area contributed by atoms with E-state index in [0.717, 1.165) is 44.6 Å². The fourth-order valence-electron chi connectivity index (χ4n) is 9.90. The van der Waals surface area contributed by atoms with Gasteiger partial charge in [0, 0.05) is 49.6 Å². The van der Waals surface area contributed by atoms with Crippen LogP contribution in [0.15, 0.2) is 164 Å². The normalized spacial score (nSPS) is 15.4. The Kier molecular flexibility index (Phi) is 7.53. The molecule has 0 aliphatic heterocycles. The number of nitrogens with zero attached hydrogens (tertiary/aromatic N) is 5. The molecule has 11 rings (SSSR count). The zero-order chi connectivity index (χ0) is 40.3. The largest absolute Gasteiger partial charge is 0.309 e. The lowest BCUT2D eigenvalue weighted by molar-refractivity contribution is 0.125. The average Bonchev–Trinajstić information content (AvgIpc) is 3.81. The number of para-hydroxylation sites is 3. The molecule has 0 unspecified atom stereocenters. The fourth-order valence-corrected chi connectivity index (χ4v) is 9.90. The Labute approximate surface area is 344 Å². The lowest BCUT2D eigenvalue weighted by atomic mass is 9.59. The van der Waals surface area contributed by atoms with E-state index in [4.69, 9.17) is 15.0 Å². The van der Waals surface area contributed by atoms with E-state index in [0.29, 0.717) is 17.5 Å². The highest BCUT2D eigenvalue weighted by molar-refractivity contribution is 6.11. The summed E-state index contributed by atoms with van der Waals surface area (Å²) in [6.45, 7) is 14.6. The number of hydrogen-bond donors (Lipinski definition) is 0. The molecule has 0 saturated carbocycles. The summed E-state index contributed by atoms with van der Waals surface area (Å²) in [6.07, 6.45) is 0. The van der Waals surface area contributed by atoms with Gasteiger partial charge in [0.25, 0.3) is 0 Å². The molecular formula is C54H45N5. The summed E-state index contributed by atoms with van der Waals surface area (Å²) in [6, 6.07) is 58.6. The Morgan fingerprint density at radius 3 is 1.19 bits per heavy atom. The van der Waals surface area contributed by atoms with Crippen LogP contribution in [0, 0.1) is 5.41 Å². The Morgan fingerprint density at radius 2 is 0.712 bits per heavy atom. The van der Waals surface area contributed by atoms with Crippen LogP contribution in [-0.2, 0) is 10.8 Å². The van der Waals surface area contributed by atoms with Crippen molar-refractivity contribution in [1.82, 2.24) is 24.1 Å². The SMILES string of the molecule is CC1(C)c2cc3c4ccccc4n(-c4cc(-c5nc(-c6ccccc6)nc(-c6ccccc6)n5)cc(-n5c6ccccc6c6ccccc65)c4)c3cc2C(C)(C)C1(C)C. The molecular weight excluding hydrogens is 719 g/mol. The van der Waals surface area contributed by atoms with Crippen molar-refractivity contribution in [3.05, 3.63) is 175 Å². The smallest absolute Gasteiger partial charge is 0.164 e.